The molecule has 0 atom stereocenters. The smallest absolute Gasteiger partial charge is 0.227 e. The van der Waals surface area contributed by atoms with Gasteiger partial charge in [-0.05, 0) is 47.0 Å². The van der Waals surface area contributed by atoms with Gasteiger partial charge in [0.1, 0.15) is 0 Å². The molecule has 0 aromatic heterocycles. The summed E-state index contributed by atoms with van der Waals surface area (Å²) in [7, 11) is 1.71. The summed E-state index contributed by atoms with van der Waals surface area (Å²) in [5.41, 5.74) is 4.77. The van der Waals surface area contributed by atoms with E-state index in [4.69, 9.17) is 10.5 Å². The first-order chi connectivity index (χ1) is 7.65. The molecule has 1 fully saturated rings. The van der Waals surface area contributed by atoms with E-state index >= 15 is 0 Å². The Labute approximate surface area is 104 Å². The summed E-state index contributed by atoms with van der Waals surface area (Å²) in [4.78, 5) is 12.2. The van der Waals surface area contributed by atoms with Gasteiger partial charge in [0.25, 0.3) is 0 Å². The van der Waals surface area contributed by atoms with E-state index < -0.39 is 11.0 Å². The minimum Gasteiger partial charge on any atom is -0.376 e. The van der Waals surface area contributed by atoms with Crippen LogP contribution in [0.2, 0.25) is 0 Å². The molecule has 17 heavy (non-hydrogen) atoms. The fourth-order valence-electron chi connectivity index (χ4n) is 1.78. The van der Waals surface area contributed by atoms with Crippen molar-refractivity contribution in [3.05, 3.63) is 0 Å². The number of hydrogen-bond acceptors (Lipinski definition) is 3. The maximum Gasteiger partial charge on any atom is 0.227 e. The van der Waals surface area contributed by atoms with Crippen molar-refractivity contribution in [1.29, 1.82) is 0 Å². The molecule has 0 heterocycles. The van der Waals surface area contributed by atoms with Crippen LogP contribution in [0.25, 0.3) is 0 Å². The minimum atomic E-state index is -0.592. The number of amides is 1. The second-order valence-corrected chi connectivity index (χ2v) is 6.27. The Morgan fingerprint density at radius 3 is 2.18 bits per heavy atom. The first kappa shape index (κ1) is 14.5. The predicted octanol–water partition coefficient (Wildman–Crippen LogP) is 1.44. The first-order valence-corrected chi connectivity index (χ1v) is 6.27. The Bertz CT molecular complexity index is 283. The van der Waals surface area contributed by atoms with Crippen molar-refractivity contribution in [2.24, 2.45) is 11.1 Å². The second kappa shape index (κ2) is 4.58. The molecule has 0 unspecified atom stereocenters. The number of rotatable bonds is 5. The van der Waals surface area contributed by atoms with Crippen molar-refractivity contribution < 1.29 is 9.53 Å². The van der Waals surface area contributed by atoms with Crippen LogP contribution in [0.4, 0.5) is 0 Å². The Balaban J connectivity index is 2.55. The SMILES string of the molecule is COC1(CNC(=O)C(C)(C)C(C)(C)N)CCC1. The lowest BCUT2D eigenvalue weighted by molar-refractivity contribution is -0.135. The molecule has 100 valence electrons. The molecule has 1 saturated carbocycles. The van der Waals surface area contributed by atoms with Crippen LogP contribution in [0.1, 0.15) is 47.0 Å². The molecule has 1 aliphatic carbocycles. The Morgan fingerprint density at radius 2 is 1.88 bits per heavy atom. The molecule has 0 aliphatic heterocycles. The lowest BCUT2D eigenvalue weighted by atomic mass is 9.74. The minimum absolute atomic E-state index is 0.00618. The van der Waals surface area contributed by atoms with Crippen molar-refractivity contribution in [2.45, 2.75) is 58.1 Å². The monoisotopic (exact) mass is 242 g/mol. The topological polar surface area (TPSA) is 64.3 Å². The van der Waals surface area contributed by atoms with E-state index in [0.717, 1.165) is 12.8 Å². The van der Waals surface area contributed by atoms with Gasteiger partial charge >= 0.3 is 0 Å². The molecule has 3 N–H and O–H groups in total. The molecule has 0 aromatic carbocycles. The van der Waals surface area contributed by atoms with Crippen LogP contribution in [-0.2, 0) is 9.53 Å². The van der Waals surface area contributed by atoms with Crippen LogP contribution < -0.4 is 11.1 Å². The average molecular weight is 242 g/mol. The molecule has 0 aromatic rings. The van der Waals surface area contributed by atoms with Crippen LogP contribution in [-0.4, -0.2) is 30.7 Å². The Morgan fingerprint density at radius 1 is 1.35 bits per heavy atom. The average Bonchev–Trinajstić information content (AvgIpc) is 2.14. The normalized spacial score (nSPS) is 19.6. The summed E-state index contributed by atoms with van der Waals surface area (Å²) in [6, 6.07) is 0. The zero-order valence-electron chi connectivity index (χ0n) is 11.7. The van der Waals surface area contributed by atoms with Crippen molar-refractivity contribution in [3.8, 4) is 0 Å². The van der Waals surface area contributed by atoms with Crippen molar-refractivity contribution in [2.75, 3.05) is 13.7 Å². The quantitative estimate of drug-likeness (QED) is 0.766. The number of ether oxygens (including phenoxy) is 1. The van der Waals surface area contributed by atoms with Gasteiger partial charge in [0.05, 0.1) is 11.0 Å². The molecule has 0 bridgehead atoms. The standard InChI is InChI=1S/C13H26N2O2/c1-11(2,12(3,4)14)10(16)15-9-13(17-5)7-6-8-13/h6-9,14H2,1-5H3,(H,15,16). The van der Waals surface area contributed by atoms with Gasteiger partial charge in [-0.15, -0.1) is 0 Å². The van der Waals surface area contributed by atoms with E-state index in [0.29, 0.717) is 6.54 Å². The second-order valence-electron chi connectivity index (χ2n) is 6.27. The lowest BCUT2D eigenvalue weighted by Crippen LogP contribution is -2.58. The maximum absolute atomic E-state index is 12.2. The summed E-state index contributed by atoms with van der Waals surface area (Å²) < 4.78 is 5.48. The van der Waals surface area contributed by atoms with Crippen LogP contribution in [0, 0.1) is 5.41 Å². The predicted molar refractivity (Wildman–Crippen MR) is 68.6 cm³/mol. The van der Waals surface area contributed by atoms with Gasteiger partial charge in [-0.25, -0.2) is 0 Å². The van der Waals surface area contributed by atoms with E-state index in [1.54, 1.807) is 7.11 Å². The highest BCUT2D eigenvalue weighted by Gasteiger charge is 2.43. The number of carbonyl (C=O) groups is 1. The zero-order chi connectivity index (χ0) is 13.3. The Kier molecular flexibility index (Phi) is 3.89. The summed E-state index contributed by atoms with van der Waals surface area (Å²) in [6.07, 6.45) is 3.22. The molecule has 1 aliphatic rings. The summed E-state index contributed by atoms with van der Waals surface area (Å²) in [5.74, 6) is -0.00618. The highest BCUT2D eigenvalue weighted by atomic mass is 16.5. The van der Waals surface area contributed by atoms with E-state index in [9.17, 15) is 4.79 Å². The van der Waals surface area contributed by atoms with Gasteiger partial charge in [0.2, 0.25) is 5.91 Å². The third kappa shape index (κ3) is 2.80. The molecule has 4 heteroatoms. The number of nitrogens with two attached hydrogens (primary N) is 1. The summed E-state index contributed by atoms with van der Waals surface area (Å²) in [5, 5.41) is 2.98. The van der Waals surface area contributed by atoms with Gasteiger partial charge < -0.3 is 15.8 Å². The van der Waals surface area contributed by atoms with Crippen LogP contribution >= 0.6 is 0 Å². The van der Waals surface area contributed by atoms with Gasteiger partial charge in [-0.2, -0.15) is 0 Å². The zero-order valence-corrected chi connectivity index (χ0v) is 11.7. The number of nitrogens with one attached hydrogen (secondary N) is 1. The fraction of sp³-hybridized carbons (Fsp3) is 0.923. The van der Waals surface area contributed by atoms with Crippen LogP contribution in [0.15, 0.2) is 0 Å². The molecule has 0 saturated heterocycles. The van der Waals surface area contributed by atoms with E-state index in [1.807, 2.05) is 27.7 Å². The molecule has 1 rings (SSSR count). The molecule has 0 radical (unpaired) electrons. The van der Waals surface area contributed by atoms with Crippen LogP contribution in [0.3, 0.4) is 0 Å². The highest BCUT2D eigenvalue weighted by molar-refractivity contribution is 5.83. The number of methoxy groups -OCH3 is 1. The summed E-state index contributed by atoms with van der Waals surface area (Å²) in [6.45, 7) is 8.09. The van der Waals surface area contributed by atoms with E-state index in [-0.39, 0.29) is 11.5 Å². The molecule has 4 nitrogen and oxygen atoms in total. The van der Waals surface area contributed by atoms with Gasteiger partial charge in [0.15, 0.2) is 0 Å². The van der Waals surface area contributed by atoms with E-state index in [2.05, 4.69) is 5.32 Å². The third-order valence-corrected chi connectivity index (χ3v) is 4.45. The van der Waals surface area contributed by atoms with Crippen molar-refractivity contribution >= 4 is 5.91 Å². The highest BCUT2D eigenvalue weighted by Crippen LogP contribution is 2.35. The molecular formula is C13H26N2O2. The van der Waals surface area contributed by atoms with Gasteiger partial charge in [-0.3, -0.25) is 4.79 Å². The van der Waals surface area contributed by atoms with E-state index in [1.165, 1.54) is 6.42 Å². The summed E-state index contributed by atoms with van der Waals surface area (Å²) >= 11 is 0. The maximum atomic E-state index is 12.2. The fourth-order valence-corrected chi connectivity index (χ4v) is 1.78. The lowest BCUT2D eigenvalue weighted by Gasteiger charge is -2.42. The van der Waals surface area contributed by atoms with Gasteiger partial charge in [-0.1, -0.05) is 0 Å². The van der Waals surface area contributed by atoms with Gasteiger partial charge in [0, 0.05) is 19.2 Å². The molecule has 0 spiro atoms. The largest absolute Gasteiger partial charge is 0.376 e. The van der Waals surface area contributed by atoms with Crippen LogP contribution in [0.5, 0.6) is 0 Å². The first-order valence-electron chi connectivity index (χ1n) is 6.27. The van der Waals surface area contributed by atoms with Crippen molar-refractivity contribution in [1.82, 2.24) is 5.32 Å². The third-order valence-electron chi connectivity index (χ3n) is 4.45. The number of carbonyl (C=O) groups excluding carboxylic acids is 1. The number of hydrogen-bond donors (Lipinski definition) is 2. The molecular weight excluding hydrogens is 216 g/mol. The molecule has 1 amide bonds. The Hall–Kier alpha value is -0.610. The van der Waals surface area contributed by atoms with Crippen molar-refractivity contribution in [3.63, 3.8) is 0 Å².